The number of likely N-dealkylation sites (N-methyl/N-ethyl adjacent to an activating group) is 1. The summed E-state index contributed by atoms with van der Waals surface area (Å²) in [6.45, 7) is 9.51. The zero-order valence-corrected chi connectivity index (χ0v) is 13.3. The average Bonchev–Trinajstić information content (AvgIpc) is 3.00. The number of nitrogens with one attached hydrogen (secondary N) is 1. The molecule has 0 amide bonds. The third kappa shape index (κ3) is 2.43. The summed E-state index contributed by atoms with van der Waals surface area (Å²) in [7, 11) is 2.20. The lowest BCUT2D eigenvalue weighted by Crippen LogP contribution is -2.50. The minimum Gasteiger partial charge on any atom is -0.352 e. The summed E-state index contributed by atoms with van der Waals surface area (Å²) in [4.78, 5) is 10.8. The van der Waals surface area contributed by atoms with Crippen LogP contribution in [-0.2, 0) is 6.54 Å². The van der Waals surface area contributed by atoms with E-state index >= 15 is 0 Å². The van der Waals surface area contributed by atoms with Crippen LogP contribution in [0.15, 0.2) is 11.6 Å². The normalized spacial score (nSPS) is 20.9. The van der Waals surface area contributed by atoms with E-state index < -0.39 is 0 Å². The Labute approximate surface area is 124 Å². The number of nitrogens with zero attached hydrogens (tertiary/aromatic N) is 4. The first kappa shape index (κ1) is 13.9. The fourth-order valence-electron chi connectivity index (χ4n) is 2.72. The van der Waals surface area contributed by atoms with Gasteiger partial charge >= 0.3 is 0 Å². The molecule has 1 fully saturated rings. The fraction of sp³-hybridized carbons (Fsp3) is 0.643. The Balaban J connectivity index is 1.91. The third-order valence-corrected chi connectivity index (χ3v) is 4.90. The molecule has 110 valence electrons. The zero-order chi connectivity index (χ0) is 14.1. The molecule has 3 heterocycles. The van der Waals surface area contributed by atoms with Crippen LogP contribution >= 0.6 is 11.3 Å². The van der Waals surface area contributed by atoms with E-state index in [-0.39, 0.29) is 0 Å². The van der Waals surface area contributed by atoms with Crippen molar-refractivity contribution < 1.29 is 0 Å². The van der Waals surface area contributed by atoms with Crippen molar-refractivity contribution in [3.05, 3.63) is 17.3 Å². The number of piperazine rings is 1. The van der Waals surface area contributed by atoms with Crippen molar-refractivity contribution in [2.75, 3.05) is 38.1 Å². The number of hydrogen-bond donors (Lipinski definition) is 1. The molecule has 1 atom stereocenters. The Morgan fingerprint density at radius 2 is 2.30 bits per heavy atom. The molecule has 2 aromatic rings. The van der Waals surface area contributed by atoms with E-state index in [1.165, 1.54) is 5.69 Å². The minimum atomic E-state index is 0.579. The van der Waals surface area contributed by atoms with Crippen molar-refractivity contribution in [1.29, 1.82) is 0 Å². The topological polar surface area (TPSA) is 35.8 Å². The summed E-state index contributed by atoms with van der Waals surface area (Å²) in [5, 5.41) is 5.54. The molecule has 0 spiro atoms. The predicted molar refractivity (Wildman–Crippen MR) is 84.8 cm³/mol. The molecule has 0 bridgehead atoms. The molecule has 0 radical (unpaired) electrons. The first-order valence-electron chi connectivity index (χ1n) is 7.31. The van der Waals surface area contributed by atoms with E-state index in [0.29, 0.717) is 6.04 Å². The van der Waals surface area contributed by atoms with Gasteiger partial charge in [0.25, 0.3) is 0 Å². The fourth-order valence-corrected chi connectivity index (χ4v) is 3.45. The lowest BCUT2D eigenvalue weighted by molar-refractivity contribution is 0.233. The summed E-state index contributed by atoms with van der Waals surface area (Å²) in [5.41, 5.74) is 1.29. The summed E-state index contributed by atoms with van der Waals surface area (Å²) in [6.07, 6.45) is 2.13. The second kappa shape index (κ2) is 5.71. The third-order valence-electron chi connectivity index (χ3n) is 4.14. The predicted octanol–water partition coefficient (Wildman–Crippen LogP) is 1.65. The number of rotatable bonds is 4. The Morgan fingerprint density at radius 3 is 3.05 bits per heavy atom. The van der Waals surface area contributed by atoms with Crippen LogP contribution in [0.5, 0.6) is 0 Å². The van der Waals surface area contributed by atoms with Crippen molar-refractivity contribution in [2.45, 2.75) is 26.4 Å². The van der Waals surface area contributed by atoms with Crippen molar-refractivity contribution in [1.82, 2.24) is 19.6 Å². The largest absolute Gasteiger partial charge is 0.352 e. The maximum absolute atomic E-state index is 4.86. The molecule has 0 aliphatic carbocycles. The van der Waals surface area contributed by atoms with Gasteiger partial charge in [0.15, 0.2) is 10.8 Å². The molecule has 2 aromatic heterocycles. The molecule has 1 aliphatic rings. The standard InChI is InChI=1S/C14H23N5S/c1-4-15-9-12-13(16-14-19(12)7-8-20-14)18-6-5-17(3)11(2)10-18/h7-8,11,15H,4-6,9-10H2,1-3H3. The quantitative estimate of drug-likeness (QED) is 0.930. The highest BCUT2D eigenvalue weighted by Gasteiger charge is 2.25. The van der Waals surface area contributed by atoms with Crippen LogP contribution in [0, 0.1) is 0 Å². The monoisotopic (exact) mass is 293 g/mol. The molecular formula is C14H23N5S. The van der Waals surface area contributed by atoms with E-state index in [0.717, 1.165) is 43.5 Å². The maximum atomic E-state index is 4.86. The van der Waals surface area contributed by atoms with Crippen LogP contribution in [0.1, 0.15) is 19.5 Å². The van der Waals surface area contributed by atoms with E-state index in [9.17, 15) is 0 Å². The summed E-state index contributed by atoms with van der Waals surface area (Å²) < 4.78 is 2.23. The minimum absolute atomic E-state index is 0.579. The highest BCUT2D eigenvalue weighted by Crippen LogP contribution is 2.26. The zero-order valence-electron chi connectivity index (χ0n) is 12.5. The SMILES string of the molecule is CCNCc1c(N2CCN(C)C(C)C2)nc2sccn12. The van der Waals surface area contributed by atoms with Crippen LogP contribution in [0.2, 0.25) is 0 Å². The number of anilines is 1. The molecule has 20 heavy (non-hydrogen) atoms. The molecular weight excluding hydrogens is 270 g/mol. The number of imidazole rings is 1. The maximum Gasteiger partial charge on any atom is 0.195 e. The van der Waals surface area contributed by atoms with Crippen LogP contribution in [0.4, 0.5) is 5.82 Å². The lowest BCUT2D eigenvalue weighted by Gasteiger charge is -2.38. The van der Waals surface area contributed by atoms with Crippen LogP contribution in [0.3, 0.4) is 0 Å². The molecule has 6 heteroatoms. The second-order valence-corrected chi connectivity index (χ2v) is 6.37. The first-order valence-corrected chi connectivity index (χ1v) is 8.19. The Kier molecular flexibility index (Phi) is 3.96. The summed E-state index contributed by atoms with van der Waals surface area (Å²) in [5.74, 6) is 1.16. The molecule has 0 aromatic carbocycles. The molecule has 1 unspecified atom stereocenters. The van der Waals surface area contributed by atoms with Crippen LogP contribution in [0.25, 0.3) is 4.96 Å². The molecule has 0 saturated carbocycles. The highest BCUT2D eigenvalue weighted by atomic mass is 32.1. The van der Waals surface area contributed by atoms with Gasteiger partial charge in [-0.2, -0.15) is 0 Å². The van der Waals surface area contributed by atoms with Gasteiger partial charge < -0.3 is 15.1 Å². The van der Waals surface area contributed by atoms with E-state index in [1.54, 1.807) is 11.3 Å². The molecule has 5 nitrogen and oxygen atoms in total. The van der Waals surface area contributed by atoms with Gasteiger partial charge in [-0.05, 0) is 20.5 Å². The van der Waals surface area contributed by atoms with Crippen molar-refractivity contribution in [3.8, 4) is 0 Å². The van der Waals surface area contributed by atoms with Crippen LogP contribution in [-0.4, -0.2) is 53.6 Å². The van der Waals surface area contributed by atoms with Crippen LogP contribution < -0.4 is 10.2 Å². The number of fused-ring (bicyclic) bond motifs is 1. The van der Waals surface area contributed by atoms with Crippen molar-refractivity contribution >= 4 is 22.1 Å². The van der Waals surface area contributed by atoms with Crippen molar-refractivity contribution in [3.63, 3.8) is 0 Å². The summed E-state index contributed by atoms with van der Waals surface area (Å²) >= 11 is 1.71. The number of thiazole rings is 1. The smallest absolute Gasteiger partial charge is 0.195 e. The number of aromatic nitrogens is 2. The van der Waals surface area contributed by atoms with Gasteiger partial charge in [-0.3, -0.25) is 4.40 Å². The average molecular weight is 293 g/mol. The van der Waals surface area contributed by atoms with Gasteiger partial charge in [0.05, 0.1) is 5.69 Å². The first-order chi connectivity index (χ1) is 9.70. The Hall–Kier alpha value is -1.11. The lowest BCUT2D eigenvalue weighted by atomic mass is 10.2. The van der Waals surface area contributed by atoms with Crippen molar-refractivity contribution in [2.24, 2.45) is 0 Å². The molecule has 3 rings (SSSR count). The summed E-state index contributed by atoms with van der Waals surface area (Å²) in [6, 6.07) is 0.579. The van der Waals surface area contributed by atoms with Gasteiger partial charge in [0.1, 0.15) is 0 Å². The molecule has 1 N–H and O–H groups in total. The molecule has 1 saturated heterocycles. The number of hydrogen-bond acceptors (Lipinski definition) is 5. The van der Waals surface area contributed by atoms with E-state index in [2.05, 4.69) is 52.0 Å². The van der Waals surface area contributed by atoms with E-state index in [1.807, 2.05) is 0 Å². The van der Waals surface area contributed by atoms with Gasteiger partial charge in [-0.15, -0.1) is 11.3 Å². The Morgan fingerprint density at radius 1 is 1.45 bits per heavy atom. The van der Waals surface area contributed by atoms with Gasteiger partial charge in [-0.25, -0.2) is 4.98 Å². The van der Waals surface area contributed by atoms with E-state index in [4.69, 9.17) is 4.98 Å². The van der Waals surface area contributed by atoms with Gasteiger partial charge in [0.2, 0.25) is 0 Å². The Bertz CT molecular complexity index is 575. The van der Waals surface area contributed by atoms with Gasteiger partial charge in [-0.1, -0.05) is 6.92 Å². The van der Waals surface area contributed by atoms with Gasteiger partial charge in [0, 0.05) is 43.8 Å². The molecule has 1 aliphatic heterocycles. The second-order valence-electron chi connectivity index (χ2n) is 5.49. The highest BCUT2D eigenvalue weighted by molar-refractivity contribution is 7.15.